The Morgan fingerprint density at radius 3 is 2.68 bits per heavy atom. The highest BCUT2D eigenvalue weighted by molar-refractivity contribution is 9.10. The lowest BCUT2D eigenvalue weighted by Crippen LogP contribution is -2.21. The van der Waals surface area contributed by atoms with E-state index in [4.69, 9.17) is 0 Å². The molecule has 1 aliphatic rings. The lowest BCUT2D eigenvalue weighted by Gasteiger charge is -2.24. The number of halogens is 1. The fourth-order valence-corrected chi connectivity index (χ4v) is 3.55. The normalized spacial score (nSPS) is 18.1. The number of Topliss-reactive ketones (excluding diaryl/α,β-unsaturated/α-hetero) is 1. The highest BCUT2D eigenvalue weighted by Crippen LogP contribution is 2.37. The van der Waals surface area contributed by atoms with Gasteiger partial charge in [-0.2, -0.15) is 0 Å². The Morgan fingerprint density at radius 1 is 1.37 bits per heavy atom. The van der Waals surface area contributed by atoms with Crippen LogP contribution >= 0.6 is 27.7 Å². The molecule has 0 radical (unpaired) electrons. The molecular weight excluding hydrogens is 326 g/mol. The van der Waals surface area contributed by atoms with Crippen LogP contribution in [-0.2, 0) is 6.42 Å². The first-order valence-corrected chi connectivity index (χ1v) is 7.74. The first-order chi connectivity index (χ1) is 8.90. The van der Waals surface area contributed by atoms with E-state index in [2.05, 4.69) is 22.9 Å². The van der Waals surface area contributed by atoms with Crippen molar-refractivity contribution in [2.75, 3.05) is 14.1 Å². The SMILES string of the molecule is CC1CC(=O)c2c(SC(=O)N(C)C)ccc(Br)c2C1. The minimum atomic E-state index is -0.0593. The van der Waals surface area contributed by atoms with E-state index in [-0.39, 0.29) is 11.0 Å². The van der Waals surface area contributed by atoms with Gasteiger partial charge in [0.05, 0.1) is 0 Å². The Balaban J connectivity index is 2.44. The first kappa shape index (κ1) is 14.6. The predicted molar refractivity (Wildman–Crippen MR) is 80.9 cm³/mol. The van der Waals surface area contributed by atoms with Gasteiger partial charge in [-0.1, -0.05) is 22.9 Å². The molecule has 1 aromatic carbocycles. The summed E-state index contributed by atoms with van der Waals surface area (Å²) in [6, 6.07) is 3.78. The van der Waals surface area contributed by atoms with Crippen LogP contribution in [0.15, 0.2) is 21.5 Å². The van der Waals surface area contributed by atoms with Crippen LogP contribution in [0, 0.1) is 5.92 Å². The van der Waals surface area contributed by atoms with Crippen LogP contribution in [0.5, 0.6) is 0 Å². The molecule has 102 valence electrons. The molecular formula is C14H16BrNO2S. The van der Waals surface area contributed by atoms with Gasteiger partial charge in [0.2, 0.25) is 0 Å². The van der Waals surface area contributed by atoms with E-state index in [1.807, 2.05) is 12.1 Å². The number of benzene rings is 1. The third-order valence-electron chi connectivity index (χ3n) is 3.15. The Kier molecular flexibility index (Phi) is 4.36. The third-order valence-corrected chi connectivity index (χ3v) is 4.99. The van der Waals surface area contributed by atoms with Gasteiger partial charge in [-0.25, -0.2) is 0 Å². The highest BCUT2D eigenvalue weighted by Gasteiger charge is 2.27. The maximum absolute atomic E-state index is 12.3. The number of thioether (sulfide) groups is 1. The molecule has 0 N–H and O–H groups in total. The zero-order valence-electron chi connectivity index (χ0n) is 11.2. The maximum atomic E-state index is 12.3. The van der Waals surface area contributed by atoms with Crippen molar-refractivity contribution in [2.24, 2.45) is 5.92 Å². The molecule has 0 spiro atoms. The van der Waals surface area contributed by atoms with Gasteiger partial charge in [-0.3, -0.25) is 9.59 Å². The zero-order valence-corrected chi connectivity index (χ0v) is 13.6. The van der Waals surface area contributed by atoms with Gasteiger partial charge >= 0.3 is 0 Å². The van der Waals surface area contributed by atoms with Crippen molar-refractivity contribution in [3.63, 3.8) is 0 Å². The molecule has 0 saturated heterocycles. The molecule has 0 aliphatic heterocycles. The Hall–Kier alpha value is -0.810. The summed E-state index contributed by atoms with van der Waals surface area (Å²) in [6.45, 7) is 2.08. The molecule has 2 rings (SSSR count). The van der Waals surface area contributed by atoms with Gasteiger partial charge in [0, 0.05) is 35.4 Å². The summed E-state index contributed by atoms with van der Waals surface area (Å²) in [7, 11) is 3.43. The van der Waals surface area contributed by atoms with E-state index < -0.39 is 0 Å². The topological polar surface area (TPSA) is 37.4 Å². The molecule has 3 nitrogen and oxygen atoms in total. The number of nitrogens with zero attached hydrogens (tertiary/aromatic N) is 1. The van der Waals surface area contributed by atoms with Crippen LogP contribution in [0.4, 0.5) is 4.79 Å². The number of fused-ring (bicyclic) bond motifs is 1. The monoisotopic (exact) mass is 341 g/mol. The van der Waals surface area contributed by atoms with Gasteiger partial charge in [0.15, 0.2) is 5.78 Å². The van der Waals surface area contributed by atoms with Gasteiger partial charge < -0.3 is 4.90 Å². The Bertz CT molecular complexity index is 542. The molecule has 1 aromatic rings. The predicted octanol–water partition coefficient (Wildman–Crippen LogP) is 3.99. The molecule has 1 aliphatic carbocycles. The average Bonchev–Trinajstić information content (AvgIpc) is 2.32. The van der Waals surface area contributed by atoms with Crippen LogP contribution < -0.4 is 0 Å². The molecule has 1 atom stereocenters. The summed E-state index contributed by atoms with van der Waals surface area (Å²) in [6.07, 6.45) is 1.44. The van der Waals surface area contributed by atoms with Gasteiger partial charge in [-0.05, 0) is 41.8 Å². The van der Waals surface area contributed by atoms with Gasteiger partial charge in [-0.15, -0.1) is 0 Å². The molecule has 0 fully saturated rings. The Morgan fingerprint density at radius 2 is 2.05 bits per heavy atom. The summed E-state index contributed by atoms with van der Waals surface area (Å²) in [5.41, 5.74) is 1.77. The smallest absolute Gasteiger partial charge is 0.285 e. The number of hydrogen-bond acceptors (Lipinski definition) is 3. The van der Waals surface area contributed by atoms with Crippen LogP contribution in [0.3, 0.4) is 0 Å². The van der Waals surface area contributed by atoms with E-state index >= 15 is 0 Å². The number of ketones is 1. The van der Waals surface area contributed by atoms with Crippen LogP contribution in [0.2, 0.25) is 0 Å². The molecule has 0 aromatic heterocycles. The number of carbonyl (C=O) groups excluding carboxylic acids is 2. The molecule has 1 unspecified atom stereocenters. The summed E-state index contributed by atoms with van der Waals surface area (Å²) in [5, 5.41) is -0.0593. The molecule has 0 saturated carbocycles. The quantitative estimate of drug-likeness (QED) is 0.725. The minimum absolute atomic E-state index is 0.0593. The highest BCUT2D eigenvalue weighted by atomic mass is 79.9. The van der Waals surface area contributed by atoms with E-state index in [1.165, 1.54) is 4.90 Å². The summed E-state index contributed by atoms with van der Waals surface area (Å²) in [4.78, 5) is 26.4. The third kappa shape index (κ3) is 3.03. The molecule has 0 bridgehead atoms. The second-order valence-corrected chi connectivity index (χ2v) is 6.95. The largest absolute Gasteiger partial charge is 0.339 e. The van der Waals surface area contributed by atoms with Crippen molar-refractivity contribution in [3.05, 3.63) is 27.7 Å². The Labute approximate surface area is 125 Å². The summed E-state index contributed by atoms with van der Waals surface area (Å²) >= 11 is 4.63. The van der Waals surface area contributed by atoms with E-state index in [0.717, 1.165) is 38.7 Å². The molecule has 1 amide bonds. The van der Waals surface area contributed by atoms with Crippen LogP contribution in [-0.4, -0.2) is 30.0 Å². The van der Waals surface area contributed by atoms with Crippen LogP contribution in [0.1, 0.15) is 29.3 Å². The van der Waals surface area contributed by atoms with Gasteiger partial charge in [0.1, 0.15) is 0 Å². The number of carbonyl (C=O) groups is 2. The van der Waals surface area contributed by atoms with E-state index in [9.17, 15) is 9.59 Å². The minimum Gasteiger partial charge on any atom is -0.339 e. The number of rotatable bonds is 1. The summed E-state index contributed by atoms with van der Waals surface area (Å²) in [5.74, 6) is 0.505. The van der Waals surface area contributed by atoms with Crippen LogP contribution in [0.25, 0.3) is 0 Å². The maximum Gasteiger partial charge on any atom is 0.285 e. The van der Waals surface area contributed by atoms with E-state index in [0.29, 0.717) is 12.3 Å². The summed E-state index contributed by atoms with van der Waals surface area (Å²) < 4.78 is 0.962. The lowest BCUT2D eigenvalue weighted by atomic mass is 9.84. The van der Waals surface area contributed by atoms with Crippen molar-refractivity contribution in [2.45, 2.75) is 24.7 Å². The van der Waals surface area contributed by atoms with Gasteiger partial charge in [0.25, 0.3) is 5.24 Å². The number of hydrogen-bond donors (Lipinski definition) is 0. The number of amides is 1. The lowest BCUT2D eigenvalue weighted by molar-refractivity contribution is 0.0950. The van der Waals surface area contributed by atoms with E-state index in [1.54, 1.807) is 14.1 Å². The van der Waals surface area contributed by atoms with Crippen molar-refractivity contribution < 1.29 is 9.59 Å². The molecule has 19 heavy (non-hydrogen) atoms. The first-order valence-electron chi connectivity index (χ1n) is 6.14. The fraction of sp³-hybridized carbons (Fsp3) is 0.429. The second-order valence-electron chi connectivity index (χ2n) is 5.10. The van der Waals surface area contributed by atoms with Crippen molar-refractivity contribution in [1.29, 1.82) is 0 Å². The molecule has 5 heteroatoms. The average molecular weight is 342 g/mol. The van der Waals surface area contributed by atoms with Crippen molar-refractivity contribution >= 4 is 38.7 Å². The zero-order chi connectivity index (χ0) is 14.2. The second kappa shape index (κ2) is 5.67. The molecule has 0 heterocycles. The fourth-order valence-electron chi connectivity index (χ4n) is 2.22. The van der Waals surface area contributed by atoms with Crippen molar-refractivity contribution in [3.8, 4) is 0 Å². The standard InChI is InChI=1S/C14H16BrNO2S/c1-8-6-9-10(15)4-5-12(13(9)11(17)7-8)19-14(18)16(2)3/h4-5,8H,6-7H2,1-3H3. The van der Waals surface area contributed by atoms with Crippen molar-refractivity contribution in [1.82, 2.24) is 4.90 Å².